The molecule has 0 radical (unpaired) electrons. The molecule has 0 fully saturated rings. The highest BCUT2D eigenvalue weighted by atomic mass is 32.1. The van der Waals surface area contributed by atoms with Crippen LogP contribution >= 0.6 is 12.2 Å². The van der Waals surface area contributed by atoms with Crippen molar-refractivity contribution in [2.75, 3.05) is 20.3 Å². The minimum Gasteiger partial charge on any atom is -0.493 e. The van der Waals surface area contributed by atoms with Crippen LogP contribution in [0.15, 0.2) is 22.4 Å². The van der Waals surface area contributed by atoms with E-state index in [0.717, 1.165) is 22.0 Å². The van der Waals surface area contributed by atoms with Gasteiger partial charge in [-0.2, -0.15) is 0 Å². The third-order valence-corrected chi connectivity index (χ3v) is 3.51. The molecule has 0 unspecified atom stereocenters. The molecule has 1 heterocycles. The number of nitrogens with one attached hydrogen (secondary N) is 2. The quantitative estimate of drug-likeness (QED) is 0.460. The molecule has 0 saturated carbocycles. The summed E-state index contributed by atoms with van der Waals surface area (Å²) in [6, 6.07) is 3.89. The molecule has 7 heteroatoms. The number of thiocarbonyl (C=S) groups is 1. The van der Waals surface area contributed by atoms with Crippen molar-refractivity contribution in [3.63, 3.8) is 0 Å². The highest BCUT2D eigenvalue weighted by Crippen LogP contribution is 2.37. The van der Waals surface area contributed by atoms with E-state index in [1.165, 1.54) is 0 Å². The first-order valence-corrected chi connectivity index (χ1v) is 6.94. The molecular weight excluding hydrogens is 288 g/mol. The van der Waals surface area contributed by atoms with Gasteiger partial charge < -0.3 is 20.1 Å². The molecule has 0 amide bonds. The van der Waals surface area contributed by atoms with E-state index in [-0.39, 0.29) is 11.0 Å². The van der Waals surface area contributed by atoms with Crippen molar-refractivity contribution < 1.29 is 9.84 Å². The summed E-state index contributed by atoms with van der Waals surface area (Å²) in [4.78, 5) is 2.93. The number of aromatic nitrogens is 1. The number of benzene rings is 1. The van der Waals surface area contributed by atoms with E-state index >= 15 is 0 Å². The van der Waals surface area contributed by atoms with Gasteiger partial charge in [0.25, 0.3) is 0 Å². The molecule has 0 bridgehead atoms. The number of hydrogen-bond donors (Lipinski definition) is 3. The third-order valence-electron chi connectivity index (χ3n) is 3.28. The van der Waals surface area contributed by atoms with Gasteiger partial charge >= 0.3 is 0 Å². The Labute approximate surface area is 128 Å². The van der Waals surface area contributed by atoms with E-state index in [1.807, 2.05) is 26.0 Å². The van der Waals surface area contributed by atoms with Crippen LogP contribution in [0, 0.1) is 13.8 Å². The Bertz CT molecular complexity index is 694. The van der Waals surface area contributed by atoms with Gasteiger partial charge in [-0.15, -0.1) is 10.2 Å². The average Bonchev–Trinajstić information content (AvgIpc) is 2.78. The molecule has 112 valence electrons. The molecule has 1 aromatic heterocycles. The summed E-state index contributed by atoms with van der Waals surface area (Å²) in [5.41, 5.74) is 3.47. The first kappa shape index (κ1) is 15.4. The summed E-state index contributed by atoms with van der Waals surface area (Å²) < 4.78 is 4.90. The van der Waals surface area contributed by atoms with Crippen LogP contribution in [-0.4, -0.2) is 35.5 Å². The van der Waals surface area contributed by atoms with E-state index in [1.54, 1.807) is 7.11 Å². The van der Waals surface area contributed by atoms with E-state index in [2.05, 4.69) is 20.5 Å². The maximum atomic E-state index is 9.98. The van der Waals surface area contributed by atoms with Crippen molar-refractivity contribution in [1.29, 1.82) is 0 Å². The van der Waals surface area contributed by atoms with Gasteiger partial charge in [-0.3, -0.25) is 0 Å². The fraction of sp³-hybridized carbons (Fsp3) is 0.357. The average molecular weight is 306 g/mol. The number of H-pyrrole nitrogens is 1. The fourth-order valence-corrected chi connectivity index (χ4v) is 2.11. The molecule has 0 aliphatic rings. The third kappa shape index (κ3) is 3.37. The fourth-order valence-electron chi connectivity index (χ4n) is 1.97. The molecule has 1 aromatic carbocycles. The monoisotopic (exact) mass is 306 g/mol. The van der Waals surface area contributed by atoms with Crippen LogP contribution in [0.4, 0.5) is 5.69 Å². The molecule has 0 atom stereocenters. The van der Waals surface area contributed by atoms with Gasteiger partial charge in [-0.25, -0.2) is 0 Å². The van der Waals surface area contributed by atoms with Crippen molar-refractivity contribution in [3.8, 4) is 5.88 Å². The molecule has 21 heavy (non-hydrogen) atoms. The zero-order chi connectivity index (χ0) is 15.4. The maximum Gasteiger partial charge on any atom is 0.218 e. The minimum absolute atomic E-state index is 0.0119. The molecule has 0 aliphatic heterocycles. The van der Waals surface area contributed by atoms with Crippen molar-refractivity contribution in [3.05, 3.63) is 23.3 Å². The number of fused-ring (bicyclic) bond motifs is 1. The Balaban J connectivity index is 2.24. The Kier molecular flexibility index (Phi) is 4.87. The van der Waals surface area contributed by atoms with Gasteiger partial charge in [-0.1, -0.05) is 12.1 Å². The van der Waals surface area contributed by atoms with Crippen LogP contribution in [-0.2, 0) is 4.74 Å². The second-order valence-electron chi connectivity index (χ2n) is 4.68. The van der Waals surface area contributed by atoms with E-state index in [9.17, 15) is 5.11 Å². The van der Waals surface area contributed by atoms with E-state index in [0.29, 0.717) is 18.8 Å². The van der Waals surface area contributed by atoms with Gasteiger partial charge in [-0.05, 0) is 37.2 Å². The Morgan fingerprint density at radius 1 is 1.43 bits per heavy atom. The Morgan fingerprint density at radius 2 is 2.19 bits per heavy atom. The number of ether oxygens (including phenoxy) is 1. The van der Waals surface area contributed by atoms with Gasteiger partial charge in [0.05, 0.1) is 12.1 Å². The molecule has 0 saturated heterocycles. The maximum absolute atomic E-state index is 9.98. The van der Waals surface area contributed by atoms with Crippen LogP contribution < -0.4 is 5.32 Å². The summed E-state index contributed by atoms with van der Waals surface area (Å²) in [6.45, 7) is 5.10. The van der Waals surface area contributed by atoms with Crippen LogP contribution in [0.1, 0.15) is 11.1 Å². The lowest BCUT2D eigenvalue weighted by molar-refractivity contribution is 0.204. The first-order valence-electron chi connectivity index (χ1n) is 6.54. The summed E-state index contributed by atoms with van der Waals surface area (Å²) in [6.07, 6.45) is 0. The lowest BCUT2D eigenvalue weighted by Gasteiger charge is -2.01. The lowest BCUT2D eigenvalue weighted by Crippen LogP contribution is -2.23. The van der Waals surface area contributed by atoms with Crippen LogP contribution in [0.2, 0.25) is 0 Å². The molecule has 6 nitrogen and oxygen atoms in total. The van der Waals surface area contributed by atoms with Crippen molar-refractivity contribution in [2.24, 2.45) is 10.2 Å². The Hall–Kier alpha value is -1.99. The normalized spacial score (nSPS) is 11.4. The minimum atomic E-state index is -0.0119. The van der Waals surface area contributed by atoms with E-state index in [4.69, 9.17) is 17.0 Å². The summed E-state index contributed by atoms with van der Waals surface area (Å²) in [5.74, 6) is -0.0119. The molecule has 0 aliphatic carbocycles. The smallest absolute Gasteiger partial charge is 0.218 e. The number of rotatable bonds is 4. The second kappa shape index (κ2) is 6.64. The highest BCUT2D eigenvalue weighted by molar-refractivity contribution is 7.80. The standard InChI is InChI=1S/C14H18N4O2S/c1-8-4-5-10-11(9(8)2)16-13(19)12(10)17-18-14(21)15-6-7-20-3/h4-5,16,19H,6-7H2,1-3H3,(H,15,21). The second-order valence-corrected chi connectivity index (χ2v) is 5.06. The van der Waals surface area contributed by atoms with Crippen molar-refractivity contribution in [1.82, 2.24) is 10.3 Å². The van der Waals surface area contributed by atoms with Gasteiger partial charge in [0.2, 0.25) is 11.0 Å². The zero-order valence-corrected chi connectivity index (χ0v) is 13.0. The largest absolute Gasteiger partial charge is 0.493 e. The van der Waals surface area contributed by atoms with Crippen LogP contribution in [0.5, 0.6) is 5.88 Å². The van der Waals surface area contributed by atoms with Crippen LogP contribution in [0.3, 0.4) is 0 Å². The summed E-state index contributed by atoms with van der Waals surface area (Å²) in [5, 5.41) is 21.9. The predicted molar refractivity (Wildman–Crippen MR) is 86.4 cm³/mol. The number of azo groups is 1. The molecule has 2 aromatic rings. The first-order chi connectivity index (χ1) is 10.0. The molecule has 3 N–H and O–H groups in total. The van der Waals surface area contributed by atoms with Gasteiger partial charge in [0.15, 0.2) is 5.69 Å². The highest BCUT2D eigenvalue weighted by Gasteiger charge is 2.13. The number of methoxy groups -OCH3 is 1. The number of aromatic hydroxyl groups is 1. The molecule has 2 rings (SSSR count). The lowest BCUT2D eigenvalue weighted by atomic mass is 10.1. The number of aromatic amines is 1. The SMILES string of the molecule is COCCNC(=S)N=Nc1c(O)[nH]c2c(C)c(C)ccc12. The summed E-state index contributed by atoms with van der Waals surface area (Å²) in [7, 11) is 1.61. The van der Waals surface area contributed by atoms with E-state index < -0.39 is 0 Å². The molecule has 0 spiro atoms. The van der Waals surface area contributed by atoms with Crippen molar-refractivity contribution >= 4 is 33.9 Å². The molecular formula is C14H18N4O2S. The number of nitrogens with zero attached hydrogens (tertiary/aromatic N) is 2. The van der Waals surface area contributed by atoms with Gasteiger partial charge in [0, 0.05) is 19.0 Å². The van der Waals surface area contributed by atoms with Crippen molar-refractivity contribution in [2.45, 2.75) is 13.8 Å². The topological polar surface area (TPSA) is 82.0 Å². The van der Waals surface area contributed by atoms with Crippen LogP contribution in [0.25, 0.3) is 10.9 Å². The Morgan fingerprint density at radius 3 is 2.90 bits per heavy atom. The van der Waals surface area contributed by atoms with Gasteiger partial charge in [0.1, 0.15) is 0 Å². The predicted octanol–water partition coefficient (Wildman–Crippen LogP) is 3.09. The number of aryl methyl sites for hydroxylation is 2. The zero-order valence-electron chi connectivity index (χ0n) is 12.2. The summed E-state index contributed by atoms with van der Waals surface area (Å²) >= 11 is 5.03. The number of hydrogen-bond acceptors (Lipinski definition) is 4.